The normalized spacial score (nSPS) is 20.4. The third-order valence-corrected chi connectivity index (χ3v) is 3.63. The van der Waals surface area contributed by atoms with Crippen LogP contribution in [0.25, 0.3) is 0 Å². The zero-order chi connectivity index (χ0) is 11.3. The molecule has 4 nitrogen and oxygen atoms in total. The van der Waals surface area contributed by atoms with Crippen molar-refractivity contribution >= 4 is 23.6 Å². The van der Waals surface area contributed by atoms with Crippen molar-refractivity contribution in [2.24, 2.45) is 0 Å². The van der Waals surface area contributed by atoms with Gasteiger partial charge in [0.2, 0.25) is 11.8 Å². The number of rotatable bonds is 4. The summed E-state index contributed by atoms with van der Waals surface area (Å²) >= 11 is 1.83. The molecule has 0 aliphatic carbocycles. The van der Waals surface area contributed by atoms with Crippen molar-refractivity contribution in [1.29, 1.82) is 0 Å². The van der Waals surface area contributed by atoms with Crippen LogP contribution in [0.5, 0.6) is 0 Å². The second-order valence-electron chi connectivity index (χ2n) is 3.61. The van der Waals surface area contributed by atoms with Gasteiger partial charge in [-0.1, -0.05) is 13.3 Å². The molecule has 0 radical (unpaired) electrons. The number of amides is 2. The summed E-state index contributed by atoms with van der Waals surface area (Å²) < 4.78 is 0. The summed E-state index contributed by atoms with van der Waals surface area (Å²) in [7, 11) is 0. The van der Waals surface area contributed by atoms with Crippen molar-refractivity contribution in [1.82, 2.24) is 10.2 Å². The second-order valence-corrected chi connectivity index (χ2v) is 4.90. The maximum atomic E-state index is 11.7. The van der Waals surface area contributed by atoms with Crippen molar-refractivity contribution in [2.75, 3.05) is 18.8 Å². The Morgan fingerprint density at radius 3 is 2.87 bits per heavy atom. The van der Waals surface area contributed by atoms with E-state index in [4.69, 9.17) is 0 Å². The third-order valence-electron chi connectivity index (χ3n) is 2.33. The first-order chi connectivity index (χ1) is 7.15. The summed E-state index contributed by atoms with van der Waals surface area (Å²) in [5.41, 5.74) is 0. The second kappa shape index (κ2) is 6.00. The van der Waals surface area contributed by atoms with E-state index in [0.29, 0.717) is 5.37 Å². The van der Waals surface area contributed by atoms with Crippen LogP contribution >= 0.6 is 11.8 Å². The van der Waals surface area contributed by atoms with Gasteiger partial charge in [-0.3, -0.25) is 9.59 Å². The van der Waals surface area contributed by atoms with Crippen molar-refractivity contribution in [3.05, 3.63) is 0 Å². The Morgan fingerprint density at radius 1 is 1.53 bits per heavy atom. The standard InChI is InChI=1S/C10H18N2O2S/c1-3-4-10-12(5-6-15-10)9(14)7-11-8(2)13/h10H,3-7H2,1-2H3,(H,11,13)/t10-/m1/s1. The average molecular weight is 230 g/mol. The highest BCUT2D eigenvalue weighted by Gasteiger charge is 2.28. The summed E-state index contributed by atoms with van der Waals surface area (Å²) in [5.74, 6) is 0.895. The lowest BCUT2D eigenvalue weighted by atomic mass is 10.3. The molecule has 1 aliphatic rings. The van der Waals surface area contributed by atoms with E-state index in [1.54, 1.807) is 0 Å². The largest absolute Gasteiger partial charge is 0.347 e. The van der Waals surface area contributed by atoms with Crippen LogP contribution in [0.3, 0.4) is 0 Å². The Balaban J connectivity index is 2.40. The van der Waals surface area contributed by atoms with Gasteiger partial charge in [-0.2, -0.15) is 0 Å². The van der Waals surface area contributed by atoms with Crippen molar-refractivity contribution in [3.63, 3.8) is 0 Å². The molecule has 0 aromatic rings. The Kier molecular flexibility index (Phi) is 4.94. The lowest BCUT2D eigenvalue weighted by Gasteiger charge is -2.23. The van der Waals surface area contributed by atoms with E-state index in [1.165, 1.54) is 6.92 Å². The first-order valence-electron chi connectivity index (χ1n) is 5.30. The molecule has 1 fully saturated rings. The van der Waals surface area contributed by atoms with Crippen LogP contribution in [-0.4, -0.2) is 40.9 Å². The van der Waals surface area contributed by atoms with E-state index in [-0.39, 0.29) is 18.4 Å². The zero-order valence-corrected chi connectivity index (χ0v) is 10.1. The maximum Gasteiger partial charge on any atom is 0.242 e. The van der Waals surface area contributed by atoms with Crippen LogP contribution in [0, 0.1) is 0 Å². The molecule has 0 saturated carbocycles. The predicted octanol–water partition coefficient (Wildman–Crippen LogP) is 0.824. The molecule has 1 aliphatic heterocycles. The monoisotopic (exact) mass is 230 g/mol. The van der Waals surface area contributed by atoms with Crippen LogP contribution in [0.4, 0.5) is 0 Å². The van der Waals surface area contributed by atoms with Crippen LogP contribution in [0.15, 0.2) is 0 Å². The van der Waals surface area contributed by atoms with Gasteiger partial charge >= 0.3 is 0 Å². The van der Waals surface area contributed by atoms with E-state index < -0.39 is 0 Å². The fourth-order valence-corrected chi connectivity index (χ4v) is 2.97. The minimum atomic E-state index is -0.151. The summed E-state index contributed by atoms with van der Waals surface area (Å²) in [4.78, 5) is 24.3. The fraction of sp³-hybridized carbons (Fsp3) is 0.800. The predicted molar refractivity (Wildman–Crippen MR) is 61.6 cm³/mol. The molecule has 1 atom stereocenters. The van der Waals surface area contributed by atoms with Gasteiger partial charge < -0.3 is 10.2 Å². The van der Waals surface area contributed by atoms with E-state index in [9.17, 15) is 9.59 Å². The first kappa shape index (κ1) is 12.4. The fourth-order valence-electron chi connectivity index (χ4n) is 1.59. The molecule has 0 bridgehead atoms. The van der Waals surface area contributed by atoms with Gasteiger partial charge in [-0.25, -0.2) is 0 Å². The van der Waals surface area contributed by atoms with E-state index >= 15 is 0 Å². The van der Waals surface area contributed by atoms with Gasteiger partial charge in [-0.05, 0) is 6.42 Å². The Hall–Kier alpha value is -0.710. The third kappa shape index (κ3) is 3.74. The van der Waals surface area contributed by atoms with Crippen molar-refractivity contribution in [3.8, 4) is 0 Å². The SMILES string of the molecule is CCC[C@H]1SCCN1C(=O)CNC(C)=O. The van der Waals surface area contributed by atoms with Gasteiger partial charge in [0.05, 0.1) is 11.9 Å². The van der Waals surface area contributed by atoms with Crippen LogP contribution in [0.2, 0.25) is 0 Å². The topological polar surface area (TPSA) is 49.4 Å². The van der Waals surface area contributed by atoms with E-state index in [1.807, 2.05) is 16.7 Å². The van der Waals surface area contributed by atoms with E-state index in [2.05, 4.69) is 12.2 Å². The average Bonchev–Trinajstić information content (AvgIpc) is 2.63. The van der Waals surface area contributed by atoms with Crippen LogP contribution in [0.1, 0.15) is 26.7 Å². The van der Waals surface area contributed by atoms with Gasteiger partial charge in [0.15, 0.2) is 0 Å². The molecular formula is C10H18N2O2S. The number of hydrogen-bond donors (Lipinski definition) is 1. The highest BCUT2D eigenvalue weighted by molar-refractivity contribution is 8.00. The number of nitrogens with zero attached hydrogens (tertiary/aromatic N) is 1. The Labute approximate surface area is 94.8 Å². The van der Waals surface area contributed by atoms with Gasteiger partial charge in [-0.15, -0.1) is 11.8 Å². The minimum Gasteiger partial charge on any atom is -0.347 e. The first-order valence-corrected chi connectivity index (χ1v) is 6.35. The molecule has 1 N–H and O–H groups in total. The number of thioether (sulfide) groups is 1. The highest BCUT2D eigenvalue weighted by Crippen LogP contribution is 2.27. The molecule has 0 aromatic carbocycles. The molecule has 1 saturated heterocycles. The number of hydrogen-bond acceptors (Lipinski definition) is 3. The van der Waals surface area contributed by atoms with E-state index in [0.717, 1.165) is 25.1 Å². The summed E-state index contributed by atoms with van der Waals surface area (Å²) in [6, 6.07) is 0. The molecule has 1 heterocycles. The summed E-state index contributed by atoms with van der Waals surface area (Å²) in [6.45, 7) is 4.49. The molecule has 0 spiro atoms. The quantitative estimate of drug-likeness (QED) is 0.778. The molecule has 1 rings (SSSR count). The lowest BCUT2D eigenvalue weighted by Crippen LogP contribution is -2.41. The summed E-state index contributed by atoms with van der Waals surface area (Å²) in [5, 5.41) is 2.86. The highest BCUT2D eigenvalue weighted by atomic mass is 32.2. The van der Waals surface area contributed by atoms with Crippen molar-refractivity contribution in [2.45, 2.75) is 32.1 Å². The molecule has 15 heavy (non-hydrogen) atoms. The van der Waals surface area contributed by atoms with Crippen molar-refractivity contribution < 1.29 is 9.59 Å². The smallest absolute Gasteiger partial charge is 0.242 e. The van der Waals surface area contributed by atoms with Gasteiger partial charge in [0.1, 0.15) is 0 Å². The molecular weight excluding hydrogens is 212 g/mol. The van der Waals surface area contributed by atoms with Crippen LogP contribution < -0.4 is 5.32 Å². The molecule has 0 unspecified atom stereocenters. The van der Waals surface area contributed by atoms with Crippen LogP contribution in [-0.2, 0) is 9.59 Å². The molecule has 0 aromatic heterocycles. The maximum absolute atomic E-state index is 11.7. The molecule has 2 amide bonds. The zero-order valence-electron chi connectivity index (χ0n) is 9.28. The Morgan fingerprint density at radius 2 is 2.27 bits per heavy atom. The lowest BCUT2D eigenvalue weighted by molar-refractivity contribution is -0.132. The number of carbonyl (C=O) groups is 2. The van der Waals surface area contributed by atoms with Gasteiger partial charge in [0.25, 0.3) is 0 Å². The molecule has 5 heteroatoms. The minimum absolute atomic E-state index is 0.0358. The number of carbonyl (C=O) groups excluding carboxylic acids is 2. The van der Waals surface area contributed by atoms with Gasteiger partial charge in [0, 0.05) is 19.2 Å². The number of nitrogens with one attached hydrogen (secondary N) is 1. The summed E-state index contributed by atoms with van der Waals surface area (Å²) in [6.07, 6.45) is 2.12. The Bertz CT molecular complexity index is 246. The molecule has 86 valence electrons.